The van der Waals surface area contributed by atoms with Crippen molar-refractivity contribution in [1.29, 1.82) is 0 Å². The van der Waals surface area contributed by atoms with Gasteiger partial charge in [0.2, 0.25) is 0 Å². The molecular formula is C21H22N2O. The molecule has 3 nitrogen and oxygen atoms in total. The molecule has 0 saturated heterocycles. The molecule has 1 heterocycles. The topological polar surface area (TPSA) is 42.0 Å². The van der Waals surface area contributed by atoms with Gasteiger partial charge in [0.1, 0.15) is 0 Å². The van der Waals surface area contributed by atoms with E-state index in [1.54, 1.807) is 6.20 Å². The highest BCUT2D eigenvalue weighted by molar-refractivity contribution is 6.05. The number of nitrogens with one attached hydrogen (secondary N) is 1. The predicted molar refractivity (Wildman–Crippen MR) is 97.3 cm³/mol. The van der Waals surface area contributed by atoms with Crippen LogP contribution in [-0.2, 0) is 0 Å². The zero-order valence-corrected chi connectivity index (χ0v) is 13.8. The molecule has 122 valence electrons. The first-order valence-electron chi connectivity index (χ1n) is 8.79. The Hall–Kier alpha value is -2.42. The second kappa shape index (κ2) is 5.04. The summed E-state index contributed by atoms with van der Waals surface area (Å²) in [4.78, 5) is 17.1. The van der Waals surface area contributed by atoms with Crippen molar-refractivity contribution in [3.63, 3.8) is 0 Å². The Morgan fingerprint density at radius 1 is 1.29 bits per heavy atom. The Labute approximate surface area is 143 Å². The van der Waals surface area contributed by atoms with Crippen LogP contribution in [0.5, 0.6) is 0 Å². The highest BCUT2D eigenvalue weighted by Crippen LogP contribution is 2.52. The van der Waals surface area contributed by atoms with E-state index >= 15 is 0 Å². The first-order valence-corrected chi connectivity index (χ1v) is 8.79. The average molecular weight is 318 g/mol. The molecule has 0 spiro atoms. The van der Waals surface area contributed by atoms with Gasteiger partial charge in [0.05, 0.1) is 17.6 Å². The van der Waals surface area contributed by atoms with Crippen molar-refractivity contribution in [1.82, 2.24) is 4.98 Å². The molecule has 0 aliphatic heterocycles. The van der Waals surface area contributed by atoms with Gasteiger partial charge in [0, 0.05) is 6.99 Å². The van der Waals surface area contributed by atoms with Gasteiger partial charge in [-0.2, -0.15) is 0 Å². The number of hydrogen-bond donors (Lipinski definition) is 1. The molecule has 0 radical (unpaired) electrons. The molecule has 1 aromatic carbocycles. The summed E-state index contributed by atoms with van der Waals surface area (Å²) in [6.45, 7) is 2.02. The Morgan fingerprint density at radius 3 is 2.96 bits per heavy atom. The van der Waals surface area contributed by atoms with E-state index in [0.29, 0.717) is 17.8 Å². The number of allylic oxidation sites excluding steroid dienone is 1. The minimum absolute atomic E-state index is 0. The molecule has 2 fully saturated rings. The van der Waals surface area contributed by atoms with E-state index in [0.717, 1.165) is 22.5 Å². The van der Waals surface area contributed by atoms with Gasteiger partial charge in [-0.05, 0) is 78.8 Å². The van der Waals surface area contributed by atoms with Gasteiger partial charge < -0.3 is 5.32 Å². The fraction of sp³-hybridized carbons (Fsp3) is 0.333. The van der Waals surface area contributed by atoms with E-state index in [4.69, 9.17) is 0 Å². The second-order valence-corrected chi connectivity index (χ2v) is 7.37. The van der Waals surface area contributed by atoms with Crippen molar-refractivity contribution in [3.8, 4) is 0 Å². The average Bonchev–Trinajstić information content (AvgIpc) is 3.47. The van der Waals surface area contributed by atoms with Crippen molar-refractivity contribution < 1.29 is 6.22 Å². The number of nitrogens with zero attached hydrogens (tertiary/aromatic N) is 1. The lowest BCUT2D eigenvalue weighted by Gasteiger charge is -2.13. The van der Waals surface area contributed by atoms with Crippen LogP contribution in [-0.4, -0.2) is 10.9 Å². The van der Waals surface area contributed by atoms with Gasteiger partial charge in [-0.3, -0.25) is 9.78 Å². The van der Waals surface area contributed by atoms with Crippen LogP contribution in [0.15, 0.2) is 36.5 Å². The van der Waals surface area contributed by atoms with Crippen LogP contribution in [0.1, 0.15) is 65.3 Å². The summed E-state index contributed by atoms with van der Waals surface area (Å²) in [5, 5.41) is 3.03. The molecule has 5 rings (SSSR count). The maximum Gasteiger partial charge on any atom is 0.255 e. The number of hydrogen-bond acceptors (Lipinski definition) is 2. The standard InChI is InChI=1S/C21H20N2O.H2/c1-12-8-14(13-2-3-13)4-6-17(12)21(24)23-16-10-19-18-9-15(18)5-7-20(19)22-11-16;/h4-8,10-11,13,15,18H,2-3,9H2,1H3,(H,23,24);1H. The zero-order chi connectivity index (χ0) is 16.3. The van der Waals surface area contributed by atoms with E-state index < -0.39 is 0 Å². The molecule has 0 bridgehead atoms. The monoisotopic (exact) mass is 318 g/mol. The quantitative estimate of drug-likeness (QED) is 0.875. The summed E-state index contributed by atoms with van der Waals surface area (Å²) in [6.07, 6.45) is 9.89. The molecule has 3 heteroatoms. The molecule has 2 aromatic rings. The third kappa shape index (κ3) is 2.35. The van der Waals surface area contributed by atoms with Crippen LogP contribution in [0.4, 0.5) is 5.69 Å². The molecular weight excluding hydrogens is 296 g/mol. The largest absolute Gasteiger partial charge is 0.321 e. The Kier molecular flexibility index (Phi) is 2.93. The smallest absolute Gasteiger partial charge is 0.255 e. The fourth-order valence-electron chi connectivity index (χ4n) is 3.81. The maximum atomic E-state index is 12.6. The summed E-state index contributed by atoms with van der Waals surface area (Å²) in [6, 6.07) is 8.33. The third-order valence-electron chi connectivity index (χ3n) is 5.49. The minimum atomic E-state index is -0.0460. The van der Waals surface area contributed by atoms with Gasteiger partial charge >= 0.3 is 0 Å². The first-order chi connectivity index (χ1) is 11.7. The Balaban J connectivity index is 0.00000157. The summed E-state index contributed by atoms with van der Waals surface area (Å²) < 4.78 is 0. The molecule has 3 aliphatic rings. The van der Waals surface area contributed by atoms with Crippen LogP contribution >= 0.6 is 0 Å². The minimum Gasteiger partial charge on any atom is -0.321 e. The molecule has 1 amide bonds. The van der Waals surface area contributed by atoms with Crippen LogP contribution in [0.3, 0.4) is 0 Å². The van der Waals surface area contributed by atoms with Crippen LogP contribution in [0, 0.1) is 12.8 Å². The lowest BCUT2D eigenvalue weighted by Crippen LogP contribution is -2.14. The van der Waals surface area contributed by atoms with E-state index in [-0.39, 0.29) is 7.33 Å². The van der Waals surface area contributed by atoms with Gasteiger partial charge in [0.15, 0.2) is 0 Å². The lowest BCUT2D eigenvalue weighted by molar-refractivity contribution is 0.102. The summed E-state index contributed by atoms with van der Waals surface area (Å²) in [5.41, 5.74) is 6.29. The molecule has 1 N–H and O–H groups in total. The zero-order valence-electron chi connectivity index (χ0n) is 13.8. The number of fused-ring (bicyclic) bond motifs is 3. The molecule has 3 aliphatic carbocycles. The normalized spacial score (nSPS) is 23.4. The molecule has 2 saturated carbocycles. The van der Waals surface area contributed by atoms with Gasteiger partial charge in [-0.25, -0.2) is 0 Å². The highest BCUT2D eigenvalue weighted by Gasteiger charge is 2.40. The summed E-state index contributed by atoms with van der Waals surface area (Å²) >= 11 is 0. The van der Waals surface area contributed by atoms with Crippen molar-refractivity contribution in [2.75, 3.05) is 5.32 Å². The maximum absolute atomic E-state index is 12.6. The van der Waals surface area contributed by atoms with Gasteiger partial charge in [-0.1, -0.05) is 18.2 Å². The fourth-order valence-corrected chi connectivity index (χ4v) is 3.81. The number of pyridine rings is 1. The number of carbonyl (C=O) groups is 1. The van der Waals surface area contributed by atoms with Crippen LogP contribution in [0.25, 0.3) is 6.08 Å². The van der Waals surface area contributed by atoms with Gasteiger partial charge in [0.25, 0.3) is 5.91 Å². The SMILES string of the molecule is Cc1cc(C2CC2)ccc1C(=O)Nc1cnc2c(c1)C1CC1C=C2.[HH]. The molecule has 1 aromatic heterocycles. The van der Waals surface area contributed by atoms with Crippen molar-refractivity contribution in [3.05, 3.63) is 64.5 Å². The number of carbonyl (C=O) groups excluding carboxylic acids is 1. The Morgan fingerprint density at radius 2 is 2.17 bits per heavy atom. The number of aromatic nitrogens is 1. The van der Waals surface area contributed by atoms with E-state index in [2.05, 4.69) is 40.7 Å². The summed E-state index contributed by atoms with van der Waals surface area (Å²) in [7, 11) is 0. The first kappa shape index (κ1) is 14.0. The third-order valence-corrected chi connectivity index (χ3v) is 5.49. The summed E-state index contributed by atoms with van der Waals surface area (Å²) in [5.74, 6) is 1.96. The van der Waals surface area contributed by atoms with E-state index in [9.17, 15) is 4.79 Å². The Bertz CT molecular complexity index is 885. The van der Waals surface area contributed by atoms with E-state index in [1.165, 1.54) is 30.4 Å². The molecule has 24 heavy (non-hydrogen) atoms. The van der Waals surface area contributed by atoms with Crippen molar-refractivity contribution in [2.45, 2.75) is 38.0 Å². The number of rotatable bonds is 3. The highest BCUT2D eigenvalue weighted by atomic mass is 16.1. The van der Waals surface area contributed by atoms with E-state index in [1.807, 2.05) is 13.0 Å². The number of benzene rings is 1. The number of anilines is 1. The number of amides is 1. The predicted octanol–water partition coefficient (Wildman–Crippen LogP) is 4.90. The lowest BCUT2D eigenvalue weighted by atomic mass is 10.0. The van der Waals surface area contributed by atoms with Gasteiger partial charge in [-0.15, -0.1) is 0 Å². The molecule has 2 atom stereocenters. The second-order valence-electron chi connectivity index (χ2n) is 7.37. The van der Waals surface area contributed by atoms with Crippen LogP contribution < -0.4 is 5.32 Å². The van der Waals surface area contributed by atoms with Crippen molar-refractivity contribution >= 4 is 17.7 Å². The number of aryl methyl sites for hydroxylation is 1. The molecule has 2 unspecified atom stereocenters. The van der Waals surface area contributed by atoms with Crippen LogP contribution in [0.2, 0.25) is 0 Å². The van der Waals surface area contributed by atoms with Crippen molar-refractivity contribution in [2.24, 2.45) is 5.92 Å².